The summed E-state index contributed by atoms with van der Waals surface area (Å²) in [4.78, 5) is 19.8. The third-order valence-corrected chi connectivity index (χ3v) is 3.89. The molecule has 6 nitrogen and oxygen atoms in total. The van der Waals surface area contributed by atoms with Gasteiger partial charge in [-0.05, 0) is 24.6 Å². The van der Waals surface area contributed by atoms with Gasteiger partial charge in [0.05, 0.1) is 6.61 Å². The third-order valence-electron chi connectivity index (χ3n) is 3.23. The van der Waals surface area contributed by atoms with Crippen molar-refractivity contribution in [3.8, 4) is 5.75 Å². The van der Waals surface area contributed by atoms with Crippen molar-refractivity contribution >= 4 is 39.3 Å². The van der Waals surface area contributed by atoms with E-state index in [0.717, 1.165) is 5.56 Å². The number of carbonyl (C=O) groups excluding carboxylic acids is 1. The Morgan fingerprint density at radius 2 is 2.08 bits per heavy atom. The molecule has 2 aromatic rings. The number of nitrogens with one attached hydrogen (secondary N) is 1. The lowest BCUT2D eigenvalue weighted by Gasteiger charge is -2.17. The molecule has 0 saturated heterocycles. The Morgan fingerprint density at radius 3 is 2.72 bits per heavy atom. The van der Waals surface area contributed by atoms with E-state index in [1.807, 2.05) is 24.3 Å². The van der Waals surface area contributed by atoms with Crippen LogP contribution in [0.15, 0.2) is 36.7 Å². The first-order valence-electron chi connectivity index (χ1n) is 7.82. The van der Waals surface area contributed by atoms with Crippen molar-refractivity contribution in [2.24, 2.45) is 0 Å². The molecule has 25 heavy (non-hydrogen) atoms. The molecule has 134 valence electrons. The topological polar surface area (TPSA) is 73.3 Å². The van der Waals surface area contributed by atoms with E-state index >= 15 is 0 Å². The maximum atomic E-state index is 11.9. The van der Waals surface area contributed by atoms with Crippen LogP contribution in [0, 0.1) is 0 Å². The molecule has 1 aromatic carbocycles. The molecule has 1 aromatic heterocycles. The fourth-order valence-corrected chi connectivity index (χ4v) is 2.60. The predicted molar refractivity (Wildman–Crippen MR) is 100 cm³/mol. The average molecular weight is 429 g/mol. The minimum absolute atomic E-state index is 0.332. The molecule has 1 heterocycles. The lowest BCUT2D eigenvalue weighted by Crippen LogP contribution is -2.29. The van der Waals surface area contributed by atoms with Gasteiger partial charge in [0.15, 0.2) is 6.10 Å². The van der Waals surface area contributed by atoms with Crippen LogP contribution in [0.5, 0.6) is 5.75 Å². The zero-order valence-corrected chi connectivity index (χ0v) is 16.1. The van der Waals surface area contributed by atoms with Crippen LogP contribution in [0.2, 0.25) is 5.15 Å². The van der Waals surface area contributed by atoms with E-state index < -0.39 is 6.10 Å². The van der Waals surface area contributed by atoms with Gasteiger partial charge < -0.3 is 14.8 Å². The van der Waals surface area contributed by atoms with E-state index in [9.17, 15) is 4.79 Å². The van der Waals surface area contributed by atoms with Crippen LogP contribution in [0.3, 0.4) is 0 Å². The lowest BCUT2D eigenvalue weighted by atomic mass is 10.2. The summed E-state index contributed by atoms with van der Waals surface area (Å²) in [5.74, 6) is 0.918. The quantitative estimate of drug-likeness (QED) is 0.372. The van der Waals surface area contributed by atoms with E-state index in [1.54, 1.807) is 13.0 Å². The first-order chi connectivity index (χ1) is 12.1. The van der Waals surface area contributed by atoms with Gasteiger partial charge in [-0.1, -0.05) is 39.7 Å². The Labute approximate surface area is 160 Å². The van der Waals surface area contributed by atoms with Crippen molar-refractivity contribution in [1.82, 2.24) is 9.97 Å². The highest BCUT2D eigenvalue weighted by atomic mass is 79.9. The zero-order chi connectivity index (χ0) is 18.1. The van der Waals surface area contributed by atoms with E-state index in [0.29, 0.717) is 41.6 Å². The van der Waals surface area contributed by atoms with Crippen molar-refractivity contribution < 1.29 is 14.3 Å². The number of alkyl halides is 1. The van der Waals surface area contributed by atoms with Gasteiger partial charge in [-0.15, -0.1) is 0 Å². The van der Waals surface area contributed by atoms with Crippen LogP contribution in [0.25, 0.3) is 0 Å². The summed E-state index contributed by atoms with van der Waals surface area (Å²) in [6, 6.07) is 9.14. The second-order valence-electron chi connectivity index (χ2n) is 5.06. The molecule has 0 saturated carbocycles. The normalized spacial score (nSPS) is 11.6. The van der Waals surface area contributed by atoms with Gasteiger partial charge >= 0.3 is 5.97 Å². The monoisotopic (exact) mass is 427 g/mol. The summed E-state index contributed by atoms with van der Waals surface area (Å²) in [5, 5.41) is 4.20. The van der Waals surface area contributed by atoms with Crippen molar-refractivity contribution in [3.05, 3.63) is 47.4 Å². The van der Waals surface area contributed by atoms with Crippen molar-refractivity contribution in [2.45, 2.75) is 26.0 Å². The van der Waals surface area contributed by atoms with Crippen molar-refractivity contribution in [2.75, 3.05) is 17.3 Å². The van der Waals surface area contributed by atoms with E-state index in [4.69, 9.17) is 21.1 Å². The van der Waals surface area contributed by atoms with Crippen LogP contribution in [-0.2, 0) is 16.1 Å². The standard InChI is InChI=1S/C17H19BrClN3O3/c1-2-24-17(23)14(7-8-18)25-13-5-3-12(4-6-13)10-20-16-9-15(19)21-11-22-16/h3-6,9,11,14H,2,7-8,10H2,1H3,(H,20,21,22). The molecule has 0 bridgehead atoms. The highest BCUT2D eigenvalue weighted by molar-refractivity contribution is 9.09. The Hall–Kier alpha value is -1.86. The Balaban J connectivity index is 1.92. The number of hydrogen-bond donors (Lipinski definition) is 1. The predicted octanol–water partition coefficient (Wildman–Crippen LogP) is 3.84. The average Bonchev–Trinajstić information content (AvgIpc) is 2.61. The summed E-state index contributed by atoms with van der Waals surface area (Å²) in [7, 11) is 0. The molecule has 0 spiro atoms. The molecule has 0 aliphatic heterocycles. The van der Waals surface area contributed by atoms with Gasteiger partial charge in [0.1, 0.15) is 23.0 Å². The van der Waals surface area contributed by atoms with Gasteiger partial charge in [0.2, 0.25) is 0 Å². The SMILES string of the molecule is CCOC(=O)C(CCBr)Oc1ccc(CNc2cc(Cl)ncn2)cc1. The van der Waals surface area contributed by atoms with Crippen molar-refractivity contribution in [1.29, 1.82) is 0 Å². The molecule has 1 atom stereocenters. The Morgan fingerprint density at radius 1 is 1.32 bits per heavy atom. The molecular weight excluding hydrogens is 410 g/mol. The molecule has 0 amide bonds. The number of carbonyl (C=O) groups is 1. The summed E-state index contributed by atoms with van der Waals surface area (Å²) >= 11 is 9.15. The molecular formula is C17H19BrClN3O3. The molecule has 8 heteroatoms. The van der Waals surface area contributed by atoms with Gasteiger partial charge in [-0.25, -0.2) is 14.8 Å². The van der Waals surface area contributed by atoms with Gasteiger partial charge in [0.25, 0.3) is 0 Å². The fourth-order valence-electron chi connectivity index (χ4n) is 2.03. The maximum absolute atomic E-state index is 11.9. The fraction of sp³-hybridized carbons (Fsp3) is 0.353. The number of anilines is 1. The Bertz CT molecular complexity index is 685. The van der Waals surface area contributed by atoms with Gasteiger partial charge in [0, 0.05) is 24.4 Å². The van der Waals surface area contributed by atoms with Crippen LogP contribution < -0.4 is 10.1 Å². The van der Waals surface area contributed by atoms with E-state index in [1.165, 1.54) is 6.33 Å². The molecule has 1 unspecified atom stereocenters. The minimum atomic E-state index is -0.619. The molecule has 0 radical (unpaired) electrons. The summed E-state index contributed by atoms with van der Waals surface area (Å²) < 4.78 is 10.8. The number of rotatable bonds is 9. The number of hydrogen-bond acceptors (Lipinski definition) is 6. The Kier molecular flexibility index (Phi) is 7.94. The number of benzene rings is 1. The zero-order valence-electron chi connectivity index (χ0n) is 13.7. The van der Waals surface area contributed by atoms with Crippen LogP contribution in [-0.4, -0.2) is 34.0 Å². The summed E-state index contributed by atoms with van der Waals surface area (Å²) in [6.07, 6.45) is 1.32. The van der Waals surface area contributed by atoms with Crippen LogP contribution in [0.4, 0.5) is 5.82 Å². The second kappa shape index (κ2) is 10.2. The highest BCUT2D eigenvalue weighted by Gasteiger charge is 2.21. The van der Waals surface area contributed by atoms with E-state index in [-0.39, 0.29) is 5.97 Å². The van der Waals surface area contributed by atoms with Crippen LogP contribution in [0.1, 0.15) is 18.9 Å². The molecule has 2 rings (SSSR count). The first kappa shape index (κ1) is 19.5. The molecule has 0 aliphatic carbocycles. The summed E-state index contributed by atoms with van der Waals surface area (Å²) in [5.41, 5.74) is 1.04. The highest BCUT2D eigenvalue weighted by Crippen LogP contribution is 2.17. The largest absolute Gasteiger partial charge is 0.479 e. The molecule has 0 fully saturated rings. The first-order valence-corrected chi connectivity index (χ1v) is 9.32. The van der Waals surface area contributed by atoms with Crippen molar-refractivity contribution in [3.63, 3.8) is 0 Å². The number of nitrogens with zero attached hydrogens (tertiary/aromatic N) is 2. The van der Waals surface area contributed by atoms with Crippen LogP contribution >= 0.6 is 27.5 Å². The lowest BCUT2D eigenvalue weighted by molar-refractivity contribution is -0.151. The minimum Gasteiger partial charge on any atom is -0.479 e. The summed E-state index contributed by atoms with van der Waals surface area (Å²) in [6.45, 7) is 2.69. The smallest absolute Gasteiger partial charge is 0.347 e. The second-order valence-corrected chi connectivity index (χ2v) is 6.24. The molecule has 1 N–H and O–H groups in total. The molecule has 0 aliphatic rings. The number of halogens is 2. The maximum Gasteiger partial charge on any atom is 0.347 e. The number of esters is 1. The number of ether oxygens (including phenoxy) is 2. The van der Waals surface area contributed by atoms with Gasteiger partial charge in [-0.2, -0.15) is 0 Å². The number of aromatic nitrogens is 2. The van der Waals surface area contributed by atoms with Gasteiger partial charge in [-0.3, -0.25) is 0 Å². The third kappa shape index (κ3) is 6.51. The van der Waals surface area contributed by atoms with E-state index in [2.05, 4.69) is 31.2 Å².